The monoisotopic (exact) mass is 117 g/mol. The molecule has 0 aliphatic heterocycles. The maximum absolute atomic E-state index is 4.71. The van der Waals surface area contributed by atoms with Gasteiger partial charge in [-0.25, -0.2) is 0 Å². The fourth-order valence-electron chi connectivity index (χ4n) is 0. The van der Waals surface area contributed by atoms with Gasteiger partial charge in [0.05, 0.1) is 7.11 Å². The maximum atomic E-state index is 4.71. The largest absolute Gasteiger partial charge is 0.290 e. The Balaban J connectivity index is 0. The second-order valence-electron chi connectivity index (χ2n) is 0.281. The van der Waals surface area contributed by atoms with Crippen LogP contribution in [0.1, 0.15) is 0 Å². The first-order valence-electron chi connectivity index (χ1n) is 0.801. The summed E-state index contributed by atoms with van der Waals surface area (Å²) in [6, 6.07) is 0. The summed E-state index contributed by atoms with van der Waals surface area (Å²) in [5, 5.41) is 0. The van der Waals surface area contributed by atoms with Crippen molar-refractivity contribution in [2.45, 2.75) is 0 Å². The van der Waals surface area contributed by atoms with E-state index in [1.165, 1.54) is 7.11 Å². The number of hydrogen-bond acceptors (Lipinski definition) is 2. The summed E-state index contributed by atoms with van der Waals surface area (Å²) in [5.41, 5.74) is 0. The van der Waals surface area contributed by atoms with E-state index in [0.29, 0.717) is 0 Å². The second-order valence-corrected chi connectivity index (χ2v) is 0.436. The smallest absolute Gasteiger partial charge is 0.0587 e. The van der Waals surface area contributed by atoms with E-state index in [2.05, 4.69) is 4.84 Å². The van der Waals surface area contributed by atoms with Crippen LogP contribution in [0.3, 0.4) is 0 Å². The van der Waals surface area contributed by atoms with Crippen LogP contribution in [0.2, 0.25) is 0 Å². The van der Waals surface area contributed by atoms with Crippen LogP contribution in [0.4, 0.5) is 0 Å². The van der Waals surface area contributed by atoms with Crippen LogP contribution in [-0.2, 0) is 4.84 Å². The van der Waals surface area contributed by atoms with E-state index >= 15 is 0 Å². The molecule has 0 aromatic carbocycles. The van der Waals surface area contributed by atoms with Gasteiger partial charge < -0.3 is 0 Å². The Morgan fingerprint density at radius 3 is 2.00 bits per heavy atom. The lowest BCUT2D eigenvalue weighted by Crippen LogP contribution is -1.90. The third-order valence-electron chi connectivity index (χ3n) is 0.0772. The third kappa shape index (κ3) is 12.5. The van der Waals surface area contributed by atoms with Gasteiger partial charge in [0, 0.05) is 11.8 Å². The van der Waals surface area contributed by atoms with Crippen molar-refractivity contribution in [1.82, 2.24) is 5.00 Å². The number of hydrogen-bond donors (Lipinski definition) is 1. The quantitative estimate of drug-likeness (QED) is 0.404. The summed E-state index contributed by atoms with van der Waals surface area (Å²) < 4.78 is 0. The second kappa shape index (κ2) is 8.82. The molecule has 0 aliphatic carbocycles. The molecule has 0 amide bonds. The zero-order valence-electron chi connectivity index (χ0n) is 2.69. The Morgan fingerprint density at radius 2 is 2.00 bits per heavy atom. The molecule has 5 heavy (non-hydrogen) atoms. The fourth-order valence-corrected chi connectivity index (χ4v) is 0. The molecule has 0 aromatic rings. The highest BCUT2D eigenvalue weighted by atomic mass is 35.5. The maximum Gasteiger partial charge on any atom is 0.0587 e. The van der Waals surface area contributed by atoms with E-state index in [9.17, 15) is 0 Å². The van der Waals surface area contributed by atoms with E-state index in [1.54, 1.807) is 0 Å². The lowest BCUT2D eigenvalue weighted by atomic mass is 11.7. The minimum atomic E-state index is 0. The Hall–Kier alpha value is 0.500. The molecule has 0 saturated heterocycles. The van der Waals surface area contributed by atoms with Crippen molar-refractivity contribution >= 4 is 24.2 Å². The Labute approximate surface area is 41.9 Å². The molecule has 0 radical (unpaired) electrons. The summed E-state index contributed by atoms with van der Waals surface area (Å²) in [4.78, 5) is 5.96. The average molecular weight is 118 g/mol. The standard InChI is InChI=1S/CH4ClNO.ClH/c1-4-3-2;/h3H,1H3;1H. The molecule has 0 spiro atoms. The van der Waals surface area contributed by atoms with E-state index in [-0.39, 0.29) is 12.4 Å². The molecule has 1 N–H and O–H groups in total. The molecule has 0 aliphatic rings. The predicted octanol–water partition coefficient (Wildman–Crippen LogP) is 0.713. The molecule has 34 valence electrons. The SMILES string of the molecule is CONCl.Cl. The highest BCUT2D eigenvalue weighted by molar-refractivity contribution is 6.12. The van der Waals surface area contributed by atoms with Crippen LogP contribution in [-0.4, -0.2) is 7.11 Å². The van der Waals surface area contributed by atoms with Gasteiger partial charge in [-0.3, -0.25) is 4.84 Å². The topological polar surface area (TPSA) is 21.3 Å². The van der Waals surface area contributed by atoms with Crippen LogP contribution in [0, 0.1) is 0 Å². The van der Waals surface area contributed by atoms with Crippen molar-refractivity contribution in [1.29, 1.82) is 0 Å². The van der Waals surface area contributed by atoms with Gasteiger partial charge in [-0.2, -0.15) is 0 Å². The van der Waals surface area contributed by atoms with Crippen LogP contribution in [0.25, 0.3) is 0 Å². The average Bonchev–Trinajstić information content (AvgIpc) is 1.37. The van der Waals surface area contributed by atoms with E-state index in [4.69, 9.17) is 11.8 Å². The van der Waals surface area contributed by atoms with E-state index < -0.39 is 0 Å². The minimum Gasteiger partial charge on any atom is -0.290 e. The van der Waals surface area contributed by atoms with Crippen molar-refractivity contribution in [3.63, 3.8) is 0 Å². The van der Waals surface area contributed by atoms with Gasteiger partial charge in [0.1, 0.15) is 0 Å². The van der Waals surface area contributed by atoms with Crippen molar-refractivity contribution < 1.29 is 4.84 Å². The molecular weight excluding hydrogens is 113 g/mol. The fraction of sp³-hybridized carbons (Fsp3) is 1.00. The molecule has 0 bridgehead atoms. The molecule has 0 rings (SSSR count). The normalized spacial score (nSPS) is 6.00. The van der Waals surface area contributed by atoms with Crippen molar-refractivity contribution in [3.8, 4) is 0 Å². The number of nitrogens with one attached hydrogen (secondary N) is 1. The molecule has 0 aromatic heterocycles. The predicted molar refractivity (Wildman–Crippen MR) is 23.2 cm³/mol. The highest BCUT2D eigenvalue weighted by Gasteiger charge is 1.49. The van der Waals surface area contributed by atoms with Gasteiger partial charge in [-0.05, 0) is 0 Å². The molecule has 2 nitrogen and oxygen atoms in total. The van der Waals surface area contributed by atoms with E-state index in [0.717, 1.165) is 0 Å². The van der Waals surface area contributed by atoms with Crippen LogP contribution in [0.5, 0.6) is 0 Å². The first-order chi connectivity index (χ1) is 1.91. The summed E-state index contributed by atoms with van der Waals surface area (Å²) >= 11 is 4.71. The third-order valence-corrected chi connectivity index (χ3v) is 0.231. The lowest BCUT2D eigenvalue weighted by Gasteiger charge is -1.76. The van der Waals surface area contributed by atoms with Gasteiger partial charge in [0.2, 0.25) is 0 Å². The lowest BCUT2D eigenvalue weighted by molar-refractivity contribution is 0.157. The van der Waals surface area contributed by atoms with Crippen LogP contribution in [0.15, 0.2) is 0 Å². The molecular formula is CH5Cl2NO. The Kier molecular flexibility index (Phi) is 16.0. The van der Waals surface area contributed by atoms with Gasteiger partial charge in [0.25, 0.3) is 0 Å². The summed E-state index contributed by atoms with van der Waals surface area (Å²) in [7, 11) is 1.44. The Bertz CT molecular complexity index is 11.6. The zero-order valence-corrected chi connectivity index (χ0v) is 4.27. The summed E-state index contributed by atoms with van der Waals surface area (Å²) in [5.74, 6) is 0. The van der Waals surface area contributed by atoms with E-state index in [1.807, 2.05) is 5.00 Å². The summed E-state index contributed by atoms with van der Waals surface area (Å²) in [6.07, 6.45) is 0. The van der Waals surface area contributed by atoms with Crippen LogP contribution < -0.4 is 5.00 Å². The van der Waals surface area contributed by atoms with Crippen LogP contribution >= 0.6 is 24.2 Å². The first kappa shape index (κ1) is 9.09. The molecule has 0 saturated carbocycles. The molecule has 0 fully saturated rings. The van der Waals surface area contributed by atoms with Crippen molar-refractivity contribution in [2.24, 2.45) is 0 Å². The number of rotatable bonds is 1. The summed E-state index contributed by atoms with van der Waals surface area (Å²) in [6.45, 7) is 0. The molecule has 0 atom stereocenters. The molecule has 0 unspecified atom stereocenters. The minimum absolute atomic E-state index is 0. The van der Waals surface area contributed by atoms with Gasteiger partial charge >= 0.3 is 0 Å². The first-order valence-corrected chi connectivity index (χ1v) is 1.18. The van der Waals surface area contributed by atoms with Crippen molar-refractivity contribution in [3.05, 3.63) is 0 Å². The number of halogens is 2. The molecule has 0 heterocycles. The van der Waals surface area contributed by atoms with Gasteiger partial charge in [0.15, 0.2) is 0 Å². The zero-order chi connectivity index (χ0) is 3.41. The van der Waals surface area contributed by atoms with Crippen molar-refractivity contribution in [2.75, 3.05) is 7.11 Å². The van der Waals surface area contributed by atoms with Gasteiger partial charge in [-0.1, -0.05) is 0 Å². The van der Waals surface area contributed by atoms with Gasteiger partial charge in [-0.15, -0.1) is 17.4 Å². The highest BCUT2D eigenvalue weighted by Crippen LogP contribution is 1.51. The molecule has 4 heteroatoms. The Morgan fingerprint density at radius 1 is 1.80 bits per heavy atom.